The van der Waals surface area contributed by atoms with Crippen molar-refractivity contribution >= 4 is 11.8 Å². The zero-order valence-electron chi connectivity index (χ0n) is 13.4. The number of hydrogen-bond donors (Lipinski definition) is 1. The molecule has 22 heavy (non-hydrogen) atoms. The summed E-state index contributed by atoms with van der Waals surface area (Å²) in [5, 5.41) is 2.81. The Morgan fingerprint density at radius 3 is 2.36 bits per heavy atom. The predicted molar refractivity (Wildman–Crippen MR) is 87.7 cm³/mol. The number of carbonyl (C=O) groups excluding carboxylic acids is 2. The van der Waals surface area contributed by atoms with E-state index < -0.39 is 0 Å². The predicted octanol–water partition coefficient (Wildman–Crippen LogP) is 2.99. The molecule has 0 spiro atoms. The second kappa shape index (κ2) is 8.57. The lowest BCUT2D eigenvalue weighted by atomic mass is 10.1. The van der Waals surface area contributed by atoms with Gasteiger partial charge in [0.25, 0.3) is 5.91 Å². The maximum absolute atomic E-state index is 12.2. The van der Waals surface area contributed by atoms with Gasteiger partial charge in [-0.1, -0.05) is 43.9 Å². The maximum atomic E-state index is 12.2. The highest BCUT2D eigenvalue weighted by molar-refractivity contribution is 5.94. The number of nitrogens with zero attached hydrogens (tertiary/aromatic N) is 1. The van der Waals surface area contributed by atoms with E-state index in [9.17, 15) is 9.59 Å². The normalized spacial score (nSPS) is 15.9. The topological polar surface area (TPSA) is 49.4 Å². The molecule has 1 saturated carbocycles. The first kappa shape index (κ1) is 16.5. The van der Waals surface area contributed by atoms with Crippen molar-refractivity contribution in [2.24, 2.45) is 0 Å². The molecule has 1 aliphatic carbocycles. The van der Waals surface area contributed by atoms with Crippen molar-refractivity contribution in [2.45, 2.75) is 51.0 Å². The summed E-state index contributed by atoms with van der Waals surface area (Å²) in [5.74, 6) is 0.00535. The molecule has 0 aromatic heterocycles. The Balaban J connectivity index is 1.74. The lowest BCUT2D eigenvalue weighted by molar-refractivity contribution is -0.132. The Hall–Kier alpha value is -1.84. The second-order valence-electron chi connectivity index (χ2n) is 6.02. The molecule has 2 rings (SSSR count). The minimum Gasteiger partial charge on any atom is -0.352 e. The number of hydrogen-bond acceptors (Lipinski definition) is 2. The molecule has 1 aliphatic rings. The summed E-state index contributed by atoms with van der Waals surface area (Å²) in [6.07, 6.45) is 7.58. The lowest BCUT2D eigenvalue weighted by Gasteiger charge is -2.27. The second-order valence-corrected chi connectivity index (χ2v) is 6.02. The first-order valence-corrected chi connectivity index (χ1v) is 8.27. The van der Waals surface area contributed by atoms with Gasteiger partial charge in [-0.15, -0.1) is 0 Å². The van der Waals surface area contributed by atoms with Gasteiger partial charge >= 0.3 is 0 Å². The molecule has 0 heterocycles. The fourth-order valence-corrected chi connectivity index (χ4v) is 3.00. The van der Waals surface area contributed by atoms with Crippen LogP contribution >= 0.6 is 0 Å². The Bertz CT molecular complexity index is 479. The maximum Gasteiger partial charge on any atom is 0.251 e. The van der Waals surface area contributed by atoms with Gasteiger partial charge in [-0.3, -0.25) is 9.59 Å². The number of nitrogens with one attached hydrogen (secondary N) is 1. The van der Waals surface area contributed by atoms with E-state index >= 15 is 0 Å². The average Bonchev–Trinajstić information content (AvgIpc) is 2.84. The molecule has 0 aliphatic heterocycles. The smallest absolute Gasteiger partial charge is 0.251 e. The standard InChI is InChI=1S/C18H26N2O2/c1-20(16-11-7-2-3-8-12-16)17(21)13-14-19-18(22)15-9-5-4-6-10-15/h4-6,9-10,16H,2-3,7-8,11-14H2,1H3,(H,19,22). The van der Waals surface area contributed by atoms with Crippen LogP contribution in [-0.2, 0) is 4.79 Å². The summed E-state index contributed by atoms with van der Waals surface area (Å²) in [5.41, 5.74) is 0.632. The van der Waals surface area contributed by atoms with E-state index in [1.54, 1.807) is 12.1 Å². The summed E-state index contributed by atoms with van der Waals surface area (Å²) < 4.78 is 0. The van der Waals surface area contributed by atoms with Gasteiger partial charge in [-0.05, 0) is 25.0 Å². The van der Waals surface area contributed by atoms with Gasteiger partial charge in [0.05, 0.1) is 0 Å². The van der Waals surface area contributed by atoms with E-state index in [0.29, 0.717) is 24.6 Å². The summed E-state index contributed by atoms with van der Waals surface area (Å²) >= 11 is 0. The Morgan fingerprint density at radius 2 is 1.73 bits per heavy atom. The summed E-state index contributed by atoms with van der Waals surface area (Å²) in [6, 6.07) is 9.46. The highest BCUT2D eigenvalue weighted by Gasteiger charge is 2.20. The molecular weight excluding hydrogens is 276 g/mol. The largest absolute Gasteiger partial charge is 0.352 e. The van der Waals surface area contributed by atoms with Crippen molar-refractivity contribution < 1.29 is 9.59 Å². The van der Waals surface area contributed by atoms with Gasteiger partial charge in [0, 0.05) is 31.6 Å². The third-order valence-electron chi connectivity index (χ3n) is 4.43. The first-order valence-electron chi connectivity index (χ1n) is 8.27. The summed E-state index contributed by atoms with van der Waals surface area (Å²) in [6.45, 7) is 0.392. The number of amides is 2. The molecule has 2 amide bonds. The minimum absolute atomic E-state index is 0.120. The monoisotopic (exact) mass is 302 g/mol. The van der Waals surface area contributed by atoms with Crippen LogP contribution in [0.15, 0.2) is 30.3 Å². The summed E-state index contributed by atoms with van der Waals surface area (Å²) in [4.78, 5) is 26.0. The van der Waals surface area contributed by atoms with Crippen LogP contribution < -0.4 is 5.32 Å². The third-order valence-corrected chi connectivity index (χ3v) is 4.43. The van der Waals surface area contributed by atoms with E-state index in [1.165, 1.54) is 25.7 Å². The van der Waals surface area contributed by atoms with E-state index in [2.05, 4.69) is 5.32 Å². The fourth-order valence-electron chi connectivity index (χ4n) is 3.00. The molecular formula is C18H26N2O2. The molecule has 1 aromatic rings. The zero-order chi connectivity index (χ0) is 15.8. The van der Waals surface area contributed by atoms with Crippen LogP contribution in [0.25, 0.3) is 0 Å². The highest BCUT2D eigenvalue weighted by atomic mass is 16.2. The van der Waals surface area contributed by atoms with E-state index in [0.717, 1.165) is 12.8 Å². The van der Waals surface area contributed by atoms with Crippen LogP contribution in [0.5, 0.6) is 0 Å². The number of rotatable bonds is 5. The Kier molecular flexibility index (Phi) is 6.44. The molecule has 1 N–H and O–H groups in total. The Morgan fingerprint density at radius 1 is 1.09 bits per heavy atom. The first-order chi connectivity index (χ1) is 10.7. The third kappa shape index (κ3) is 4.86. The Labute approximate surface area is 132 Å². The van der Waals surface area contributed by atoms with E-state index in [1.807, 2.05) is 30.1 Å². The van der Waals surface area contributed by atoms with Crippen LogP contribution in [0.2, 0.25) is 0 Å². The molecule has 0 saturated heterocycles. The number of benzene rings is 1. The fraction of sp³-hybridized carbons (Fsp3) is 0.556. The molecule has 0 bridgehead atoms. The molecule has 1 aromatic carbocycles. The lowest BCUT2D eigenvalue weighted by Crippen LogP contribution is -2.38. The van der Waals surface area contributed by atoms with Gasteiger partial charge < -0.3 is 10.2 Å². The van der Waals surface area contributed by atoms with Crippen LogP contribution in [0, 0.1) is 0 Å². The van der Waals surface area contributed by atoms with Crippen LogP contribution in [-0.4, -0.2) is 36.3 Å². The minimum atomic E-state index is -0.120. The van der Waals surface area contributed by atoms with Crippen molar-refractivity contribution in [3.8, 4) is 0 Å². The molecule has 0 unspecified atom stereocenters. The van der Waals surface area contributed by atoms with Gasteiger partial charge in [0.2, 0.25) is 5.91 Å². The van der Waals surface area contributed by atoms with Crippen LogP contribution in [0.4, 0.5) is 0 Å². The quantitative estimate of drug-likeness (QED) is 0.850. The molecule has 0 atom stereocenters. The van der Waals surface area contributed by atoms with Gasteiger partial charge in [-0.2, -0.15) is 0 Å². The highest BCUT2D eigenvalue weighted by Crippen LogP contribution is 2.21. The van der Waals surface area contributed by atoms with Gasteiger partial charge in [-0.25, -0.2) is 0 Å². The van der Waals surface area contributed by atoms with E-state index in [-0.39, 0.29) is 11.8 Å². The molecule has 0 radical (unpaired) electrons. The zero-order valence-corrected chi connectivity index (χ0v) is 13.4. The number of carbonyl (C=O) groups is 2. The van der Waals surface area contributed by atoms with Crippen molar-refractivity contribution in [3.63, 3.8) is 0 Å². The van der Waals surface area contributed by atoms with Crippen molar-refractivity contribution in [3.05, 3.63) is 35.9 Å². The molecule has 4 heteroatoms. The van der Waals surface area contributed by atoms with Crippen LogP contribution in [0.3, 0.4) is 0 Å². The van der Waals surface area contributed by atoms with Crippen molar-refractivity contribution in [1.29, 1.82) is 0 Å². The van der Waals surface area contributed by atoms with Crippen LogP contribution in [0.1, 0.15) is 55.3 Å². The SMILES string of the molecule is CN(C(=O)CCNC(=O)c1ccccc1)C1CCCCCC1. The summed E-state index contributed by atoms with van der Waals surface area (Å²) in [7, 11) is 1.90. The van der Waals surface area contributed by atoms with Crippen molar-refractivity contribution in [1.82, 2.24) is 10.2 Å². The molecule has 120 valence electrons. The average molecular weight is 302 g/mol. The van der Waals surface area contributed by atoms with Gasteiger partial charge in [0.1, 0.15) is 0 Å². The van der Waals surface area contributed by atoms with E-state index in [4.69, 9.17) is 0 Å². The molecule has 4 nitrogen and oxygen atoms in total. The van der Waals surface area contributed by atoms with Crippen molar-refractivity contribution in [2.75, 3.05) is 13.6 Å². The molecule has 1 fully saturated rings. The van der Waals surface area contributed by atoms with Gasteiger partial charge in [0.15, 0.2) is 0 Å².